The average Bonchev–Trinajstić information content (AvgIpc) is 2.78. The van der Waals surface area contributed by atoms with E-state index in [2.05, 4.69) is 30.8 Å². The van der Waals surface area contributed by atoms with E-state index < -0.39 is 24.2 Å². The molecule has 4 bridgehead atoms. The lowest BCUT2D eigenvalue weighted by molar-refractivity contribution is -0.137. The number of benzene rings is 2. The van der Waals surface area contributed by atoms with E-state index in [0.29, 0.717) is 0 Å². The maximum Gasteiger partial charge on any atom is 0.416 e. The lowest BCUT2D eigenvalue weighted by atomic mass is 10.1. The van der Waals surface area contributed by atoms with Gasteiger partial charge >= 0.3 is 6.18 Å². The zero-order valence-electron chi connectivity index (χ0n) is 16.3. The first kappa shape index (κ1) is 20.0. The zero-order chi connectivity index (χ0) is 22.5. The molecule has 164 valence electrons. The first-order valence-corrected chi connectivity index (χ1v) is 9.48. The van der Waals surface area contributed by atoms with Gasteiger partial charge in [-0.25, -0.2) is 10.0 Å². The number of aliphatic imine (C=N–C) groups is 1. The second-order valence-corrected chi connectivity index (χ2v) is 7.07. The quantitative estimate of drug-likeness (QED) is 0.471. The second kappa shape index (κ2) is 7.32. The molecule has 13 heteroatoms. The van der Waals surface area contributed by atoms with Crippen LogP contribution >= 0.6 is 0 Å². The van der Waals surface area contributed by atoms with E-state index in [-0.39, 0.29) is 29.2 Å². The molecule has 0 aliphatic carbocycles. The molecule has 0 saturated heterocycles. The number of nitrogens with two attached hydrogens (primary N) is 2. The third kappa shape index (κ3) is 3.52. The summed E-state index contributed by atoms with van der Waals surface area (Å²) in [5.41, 5.74) is 18.5. The summed E-state index contributed by atoms with van der Waals surface area (Å²) >= 11 is 0. The van der Waals surface area contributed by atoms with Crippen LogP contribution in [0.1, 0.15) is 17.3 Å². The number of fused-ring (bicyclic) bond motifs is 4. The third-order valence-electron chi connectivity index (χ3n) is 4.95. The molecule has 0 amide bonds. The Morgan fingerprint density at radius 2 is 1.62 bits per heavy atom. The summed E-state index contributed by atoms with van der Waals surface area (Å²) in [6.07, 6.45) is -5.91. The molecule has 0 spiro atoms. The highest BCUT2D eigenvalue weighted by molar-refractivity contribution is 5.80. The van der Waals surface area contributed by atoms with Crippen molar-refractivity contribution in [2.75, 3.05) is 10.9 Å². The van der Waals surface area contributed by atoms with Crippen LogP contribution < -0.4 is 22.3 Å². The van der Waals surface area contributed by atoms with Crippen LogP contribution in [0.25, 0.3) is 11.4 Å². The number of aromatic nitrogens is 3. The summed E-state index contributed by atoms with van der Waals surface area (Å²) in [6.45, 7) is 0. The fraction of sp³-hybridized carbons (Fsp3) is 0.158. The Labute approximate surface area is 179 Å². The van der Waals surface area contributed by atoms with Gasteiger partial charge in [0.25, 0.3) is 0 Å². The fourth-order valence-electron chi connectivity index (χ4n) is 3.43. The molecule has 6 N–H and O–H groups in total. The number of hydrazine groups is 2. The van der Waals surface area contributed by atoms with Gasteiger partial charge in [-0.2, -0.15) is 33.1 Å². The molecule has 5 rings (SSSR count). The zero-order valence-corrected chi connectivity index (χ0v) is 16.3. The molecule has 2 aliphatic rings. The van der Waals surface area contributed by atoms with Gasteiger partial charge in [0.1, 0.15) is 0 Å². The number of hydrogen-bond donors (Lipinski definition) is 4. The van der Waals surface area contributed by atoms with Crippen molar-refractivity contribution >= 4 is 17.9 Å². The van der Waals surface area contributed by atoms with Gasteiger partial charge in [-0.3, -0.25) is 16.6 Å². The molecule has 3 aromatic rings. The monoisotopic (exact) mass is 442 g/mol. The summed E-state index contributed by atoms with van der Waals surface area (Å²) in [7, 11) is 0. The van der Waals surface area contributed by atoms with E-state index in [1.165, 1.54) is 17.1 Å². The lowest BCUT2D eigenvalue weighted by Gasteiger charge is -2.44. The maximum atomic E-state index is 13.2. The molecular formula is C19H17F3N10. The van der Waals surface area contributed by atoms with Gasteiger partial charge in [0.15, 0.2) is 18.3 Å². The van der Waals surface area contributed by atoms with Gasteiger partial charge in [-0.1, -0.05) is 42.5 Å². The number of alkyl halides is 3. The van der Waals surface area contributed by atoms with Gasteiger partial charge in [0, 0.05) is 5.56 Å². The van der Waals surface area contributed by atoms with Crippen LogP contribution in [0.5, 0.6) is 0 Å². The number of guanidine groups is 1. The van der Waals surface area contributed by atoms with Crippen molar-refractivity contribution in [2.45, 2.75) is 18.6 Å². The predicted octanol–water partition coefficient (Wildman–Crippen LogP) is 2.10. The van der Waals surface area contributed by atoms with E-state index in [1.807, 2.05) is 30.3 Å². The van der Waals surface area contributed by atoms with Crippen LogP contribution in [-0.4, -0.2) is 37.2 Å². The van der Waals surface area contributed by atoms with Crippen molar-refractivity contribution in [3.8, 4) is 11.4 Å². The molecule has 3 atom stereocenters. The maximum absolute atomic E-state index is 13.2. The van der Waals surface area contributed by atoms with Gasteiger partial charge in [0.05, 0.1) is 5.56 Å². The third-order valence-corrected chi connectivity index (χ3v) is 4.95. The summed E-state index contributed by atoms with van der Waals surface area (Å²) in [4.78, 5) is 17.3. The van der Waals surface area contributed by atoms with Crippen molar-refractivity contribution < 1.29 is 13.2 Å². The minimum atomic E-state index is -4.49. The highest BCUT2D eigenvalue weighted by atomic mass is 19.4. The molecule has 0 fully saturated rings. The molecule has 2 aromatic carbocycles. The van der Waals surface area contributed by atoms with Gasteiger partial charge in [-0.05, 0) is 17.7 Å². The Hall–Kier alpha value is -3.97. The second-order valence-electron chi connectivity index (χ2n) is 7.07. The van der Waals surface area contributed by atoms with E-state index in [4.69, 9.17) is 11.5 Å². The van der Waals surface area contributed by atoms with Crippen molar-refractivity contribution in [2.24, 2.45) is 16.5 Å². The minimum absolute atomic E-state index is 0.0406. The topological polar surface area (TPSA) is 134 Å². The lowest BCUT2D eigenvalue weighted by Crippen LogP contribution is -2.66. The van der Waals surface area contributed by atoms with E-state index in [0.717, 1.165) is 17.7 Å². The van der Waals surface area contributed by atoms with E-state index in [1.54, 1.807) is 5.01 Å². The van der Waals surface area contributed by atoms with E-state index >= 15 is 0 Å². The molecule has 0 radical (unpaired) electrons. The number of nitrogens with one attached hydrogen (secondary N) is 2. The molecular weight excluding hydrogens is 425 g/mol. The molecule has 1 aromatic heterocycles. The number of rotatable bonds is 2. The number of hydrogen-bond acceptors (Lipinski definition) is 10. The molecule has 2 aliphatic heterocycles. The Kier molecular flexibility index (Phi) is 4.56. The molecule has 32 heavy (non-hydrogen) atoms. The number of nitrogens with zero attached hydrogens (tertiary/aromatic N) is 6. The molecule has 10 nitrogen and oxygen atoms in total. The predicted molar refractivity (Wildman–Crippen MR) is 110 cm³/mol. The highest BCUT2D eigenvalue weighted by Crippen LogP contribution is 2.33. The summed E-state index contributed by atoms with van der Waals surface area (Å²) < 4.78 is 39.5. The average molecular weight is 442 g/mol. The standard InChI is InChI=1S/C19H17F3N10/c20-19(21,22)12-8-4-7-11(9-12)13-25-17-28-18(26-13)30-32-15(23)27-14(31(29-17)16(32)24)10-5-2-1-3-6-10/h1-9,14,16H,24H2,(H2,23,27)(H2,25,26,28,29,30). The first-order chi connectivity index (χ1) is 15.3. The van der Waals surface area contributed by atoms with Crippen molar-refractivity contribution in [1.29, 1.82) is 0 Å². The largest absolute Gasteiger partial charge is 0.416 e. The van der Waals surface area contributed by atoms with Gasteiger partial charge in [-0.15, -0.1) is 0 Å². The Balaban J connectivity index is 1.57. The fourth-order valence-corrected chi connectivity index (χ4v) is 3.43. The molecule has 0 saturated carbocycles. The number of halogens is 3. The Morgan fingerprint density at radius 3 is 2.34 bits per heavy atom. The van der Waals surface area contributed by atoms with E-state index in [9.17, 15) is 13.2 Å². The Morgan fingerprint density at radius 1 is 0.906 bits per heavy atom. The van der Waals surface area contributed by atoms with Crippen molar-refractivity contribution in [3.63, 3.8) is 0 Å². The minimum Gasteiger partial charge on any atom is -0.368 e. The summed E-state index contributed by atoms with van der Waals surface area (Å²) in [5.74, 6) is 0.260. The van der Waals surface area contributed by atoms with Crippen molar-refractivity contribution in [1.82, 2.24) is 25.0 Å². The van der Waals surface area contributed by atoms with Crippen molar-refractivity contribution in [3.05, 3.63) is 65.7 Å². The summed E-state index contributed by atoms with van der Waals surface area (Å²) in [5, 5.41) is 2.92. The highest BCUT2D eigenvalue weighted by Gasteiger charge is 2.38. The smallest absolute Gasteiger partial charge is 0.368 e. The number of anilines is 2. The van der Waals surface area contributed by atoms with Crippen LogP contribution in [0.4, 0.5) is 25.1 Å². The normalized spacial score (nSPS) is 22.2. The summed E-state index contributed by atoms with van der Waals surface area (Å²) in [6, 6.07) is 14.0. The van der Waals surface area contributed by atoms with Crippen LogP contribution in [0.15, 0.2) is 59.6 Å². The van der Waals surface area contributed by atoms with Gasteiger partial charge in [0.2, 0.25) is 17.9 Å². The van der Waals surface area contributed by atoms with Crippen LogP contribution in [0, 0.1) is 0 Å². The SMILES string of the molecule is NC1=NC(c2ccccc2)N2Nc3nc(nc(-c4cccc(C(F)(F)F)c4)n3)NN1C2N. The molecule has 3 unspecified atom stereocenters. The van der Waals surface area contributed by atoms with Crippen LogP contribution in [-0.2, 0) is 6.18 Å². The first-order valence-electron chi connectivity index (χ1n) is 9.48. The van der Waals surface area contributed by atoms with Crippen LogP contribution in [0.3, 0.4) is 0 Å². The Bertz CT molecular complexity index is 1180. The van der Waals surface area contributed by atoms with Crippen LogP contribution in [0.2, 0.25) is 0 Å². The van der Waals surface area contributed by atoms with Gasteiger partial charge < -0.3 is 5.73 Å². The molecule has 3 heterocycles.